The molecule has 2 aromatic carbocycles. The summed E-state index contributed by atoms with van der Waals surface area (Å²) in [5.41, 5.74) is 9.33. The van der Waals surface area contributed by atoms with E-state index in [-0.39, 0.29) is 5.91 Å². The summed E-state index contributed by atoms with van der Waals surface area (Å²) in [4.78, 5) is 11.8. The highest BCUT2D eigenvalue weighted by Crippen LogP contribution is 2.17. The number of thiocarbonyl (C=S) groups is 1. The first-order chi connectivity index (χ1) is 11.5. The van der Waals surface area contributed by atoms with Gasteiger partial charge >= 0.3 is 0 Å². The van der Waals surface area contributed by atoms with Gasteiger partial charge in [0.2, 0.25) is 0 Å². The van der Waals surface area contributed by atoms with Crippen LogP contribution in [0.15, 0.2) is 53.0 Å². The third-order valence-corrected chi connectivity index (χ3v) is 4.13. The number of amides is 1. The summed E-state index contributed by atoms with van der Waals surface area (Å²) in [7, 11) is 0. The maximum atomic E-state index is 11.8. The summed E-state index contributed by atoms with van der Waals surface area (Å²) >= 11 is 8.57. The molecule has 0 unspecified atom stereocenters. The second-order valence-electron chi connectivity index (χ2n) is 5.20. The van der Waals surface area contributed by atoms with Crippen molar-refractivity contribution in [1.82, 2.24) is 10.9 Å². The molecule has 0 atom stereocenters. The molecule has 0 aliphatic rings. The van der Waals surface area contributed by atoms with Gasteiger partial charge in [0.05, 0.1) is 0 Å². The van der Waals surface area contributed by atoms with Crippen molar-refractivity contribution in [3.63, 3.8) is 0 Å². The van der Waals surface area contributed by atoms with Crippen LogP contribution < -0.4 is 16.2 Å². The van der Waals surface area contributed by atoms with Gasteiger partial charge in [-0.05, 0) is 67.0 Å². The van der Waals surface area contributed by atoms with Crippen molar-refractivity contribution < 1.29 is 4.79 Å². The second kappa shape index (κ2) is 8.61. The maximum absolute atomic E-state index is 11.8. The van der Waals surface area contributed by atoms with Crippen LogP contribution in [0.3, 0.4) is 0 Å². The van der Waals surface area contributed by atoms with E-state index in [0.29, 0.717) is 5.11 Å². The number of carbonyl (C=O) groups is 1. The van der Waals surface area contributed by atoms with E-state index in [2.05, 4.69) is 32.1 Å². The molecule has 0 saturated heterocycles. The minimum absolute atomic E-state index is 0.292. The zero-order valence-corrected chi connectivity index (χ0v) is 15.8. The van der Waals surface area contributed by atoms with Crippen LogP contribution in [-0.4, -0.2) is 11.0 Å². The first-order valence-electron chi connectivity index (χ1n) is 7.32. The number of carbonyl (C=O) groups excluding carboxylic acids is 1. The van der Waals surface area contributed by atoms with Crippen LogP contribution >= 0.6 is 28.1 Å². The molecule has 1 amide bonds. The molecule has 0 bridgehead atoms. The molecular formula is C18H18BrN3OS. The Morgan fingerprint density at radius 2 is 1.88 bits per heavy atom. The summed E-state index contributed by atoms with van der Waals surface area (Å²) in [6.45, 7) is 4.05. The molecule has 0 aromatic heterocycles. The van der Waals surface area contributed by atoms with E-state index in [9.17, 15) is 4.79 Å². The fraction of sp³-hybridized carbons (Fsp3) is 0.111. The molecule has 0 heterocycles. The number of benzene rings is 2. The Hall–Kier alpha value is -2.18. The maximum Gasteiger partial charge on any atom is 0.262 e. The predicted octanol–water partition coefficient (Wildman–Crippen LogP) is 4.10. The largest absolute Gasteiger partial charge is 0.331 e. The summed E-state index contributed by atoms with van der Waals surface area (Å²) in [6, 6.07) is 13.6. The molecule has 3 N–H and O–H groups in total. The third-order valence-electron chi connectivity index (χ3n) is 3.43. The smallest absolute Gasteiger partial charge is 0.262 e. The van der Waals surface area contributed by atoms with Crippen molar-refractivity contribution in [3.05, 3.63) is 69.7 Å². The highest BCUT2D eigenvalue weighted by atomic mass is 79.9. The lowest BCUT2D eigenvalue weighted by atomic mass is 10.1. The van der Waals surface area contributed by atoms with Gasteiger partial charge in [-0.3, -0.25) is 15.6 Å². The Balaban J connectivity index is 1.85. The van der Waals surface area contributed by atoms with E-state index in [0.717, 1.165) is 21.3 Å². The van der Waals surface area contributed by atoms with Crippen LogP contribution in [0.2, 0.25) is 0 Å². The standard InChI is InChI=1S/C18H18BrN3OS/c1-12-5-3-8-16(13(12)2)20-18(24)22-21-17(23)10-9-14-6-4-7-15(19)11-14/h3-11H,1-2H3,(H,21,23)(H2,20,22,24)/b10-9+. The number of halogens is 1. The lowest BCUT2D eigenvalue weighted by molar-refractivity contribution is -0.116. The van der Waals surface area contributed by atoms with E-state index in [4.69, 9.17) is 12.2 Å². The Bertz CT molecular complexity index is 790. The first-order valence-corrected chi connectivity index (χ1v) is 8.52. The first kappa shape index (κ1) is 18.2. The molecule has 0 saturated carbocycles. The van der Waals surface area contributed by atoms with Crippen LogP contribution in [0.25, 0.3) is 6.08 Å². The van der Waals surface area contributed by atoms with Crippen molar-refractivity contribution >= 4 is 50.9 Å². The van der Waals surface area contributed by atoms with E-state index in [1.54, 1.807) is 6.08 Å². The fourth-order valence-electron chi connectivity index (χ4n) is 1.98. The number of nitrogens with one attached hydrogen (secondary N) is 3. The molecule has 0 aliphatic heterocycles. The molecule has 2 aromatic rings. The fourth-order valence-corrected chi connectivity index (χ4v) is 2.56. The molecule has 2 rings (SSSR count). The minimum atomic E-state index is -0.292. The Morgan fingerprint density at radius 3 is 2.62 bits per heavy atom. The second-order valence-corrected chi connectivity index (χ2v) is 6.53. The van der Waals surface area contributed by atoms with Gasteiger partial charge in [0.1, 0.15) is 0 Å². The van der Waals surface area contributed by atoms with Gasteiger partial charge in [-0.1, -0.05) is 40.2 Å². The number of rotatable bonds is 3. The summed E-state index contributed by atoms with van der Waals surface area (Å²) < 4.78 is 0.960. The SMILES string of the molecule is Cc1cccc(NC(=S)NNC(=O)/C=C/c2cccc(Br)c2)c1C. The van der Waals surface area contributed by atoms with Crippen LogP contribution in [-0.2, 0) is 4.79 Å². The predicted molar refractivity (Wildman–Crippen MR) is 107 cm³/mol. The molecule has 0 spiro atoms. The Morgan fingerprint density at radius 1 is 1.12 bits per heavy atom. The van der Waals surface area contributed by atoms with E-state index >= 15 is 0 Å². The lowest BCUT2D eigenvalue weighted by Crippen LogP contribution is -2.43. The summed E-state index contributed by atoms with van der Waals surface area (Å²) in [5.74, 6) is -0.292. The topological polar surface area (TPSA) is 53.2 Å². The molecule has 6 heteroatoms. The van der Waals surface area contributed by atoms with Crippen molar-refractivity contribution in [2.45, 2.75) is 13.8 Å². The Kier molecular flexibility index (Phi) is 6.52. The lowest BCUT2D eigenvalue weighted by Gasteiger charge is -2.13. The molecular weight excluding hydrogens is 386 g/mol. The van der Waals surface area contributed by atoms with Crippen LogP contribution in [0.5, 0.6) is 0 Å². The zero-order chi connectivity index (χ0) is 17.5. The zero-order valence-electron chi connectivity index (χ0n) is 13.4. The molecule has 124 valence electrons. The minimum Gasteiger partial charge on any atom is -0.331 e. The molecule has 24 heavy (non-hydrogen) atoms. The van der Waals surface area contributed by atoms with Crippen molar-refractivity contribution in [1.29, 1.82) is 0 Å². The molecule has 0 fully saturated rings. The number of hydrogen-bond donors (Lipinski definition) is 3. The van der Waals surface area contributed by atoms with Crippen LogP contribution in [0.1, 0.15) is 16.7 Å². The highest BCUT2D eigenvalue weighted by Gasteiger charge is 2.03. The van der Waals surface area contributed by atoms with Crippen molar-refractivity contribution in [3.8, 4) is 0 Å². The Labute approximate surface area is 155 Å². The van der Waals surface area contributed by atoms with E-state index < -0.39 is 0 Å². The van der Waals surface area contributed by atoms with Crippen molar-refractivity contribution in [2.24, 2.45) is 0 Å². The van der Waals surface area contributed by atoms with Crippen LogP contribution in [0, 0.1) is 13.8 Å². The average molecular weight is 404 g/mol. The number of anilines is 1. The number of aryl methyl sites for hydroxylation is 1. The molecule has 4 nitrogen and oxygen atoms in total. The van der Waals surface area contributed by atoms with Gasteiger partial charge in [0.15, 0.2) is 5.11 Å². The summed E-state index contributed by atoms with van der Waals surface area (Å²) in [6.07, 6.45) is 3.16. The molecule has 0 radical (unpaired) electrons. The monoisotopic (exact) mass is 403 g/mol. The summed E-state index contributed by atoms with van der Waals surface area (Å²) in [5, 5.41) is 3.39. The van der Waals surface area contributed by atoms with Gasteiger partial charge in [-0.2, -0.15) is 0 Å². The van der Waals surface area contributed by atoms with Gasteiger partial charge in [-0.25, -0.2) is 0 Å². The van der Waals surface area contributed by atoms with Gasteiger partial charge < -0.3 is 5.32 Å². The van der Waals surface area contributed by atoms with Crippen LogP contribution in [0.4, 0.5) is 5.69 Å². The van der Waals surface area contributed by atoms with Gasteiger partial charge in [0.25, 0.3) is 5.91 Å². The quantitative estimate of drug-likeness (QED) is 0.410. The highest BCUT2D eigenvalue weighted by molar-refractivity contribution is 9.10. The van der Waals surface area contributed by atoms with Gasteiger partial charge in [-0.15, -0.1) is 0 Å². The average Bonchev–Trinajstić information content (AvgIpc) is 2.55. The van der Waals surface area contributed by atoms with Crippen molar-refractivity contribution in [2.75, 3.05) is 5.32 Å². The number of hydrazine groups is 1. The number of hydrogen-bond acceptors (Lipinski definition) is 2. The van der Waals surface area contributed by atoms with E-state index in [1.807, 2.05) is 56.3 Å². The normalized spacial score (nSPS) is 10.5. The molecule has 0 aliphatic carbocycles. The third kappa shape index (κ3) is 5.47. The van der Waals surface area contributed by atoms with E-state index in [1.165, 1.54) is 11.6 Å². The van der Waals surface area contributed by atoms with Gasteiger partial charge in [0, 0.05) is 16.2 Å².